The van der Waals surface area contributed by atoms with Crippen LogP contribution >= 0.6 is 0 Å². The van der Waals surface area contributed by atoms with E-state index in [2.05, 4.69) is 15.3 Å². The molecule has 0 saturated carbocycles. The van der Waals surface area contributed by atoms with Gasteiger partial charge in [-0.2, -0.15) is 0 Å². The number of carbonyl (C=O) groups is 2. The molecule has 2 heterocycles. The van der Waals surface area contributed by atoms with Crippen molar-refractivity contribution in [3.05, 3.63) is 102 Å². The van der Waals surface area contributed by atoms with Crippen LogP contribution in [0.1, 0.15) is 54.7 Å². The number of aromatic nitrogens is 3. The highest BCUT2D eigenvalue weighted by atomic mass is 19.1. The van der Waals surface area contributed by atoms with Gasteiger partial charge in [0.2, 0.25) is 0 Å². The van der Waals surface area contributed by atoms with Crippen molar-refractivity contribution in [1.82, 2.24) is 19.9 Å². The second kappa shape index (κ2) is 13.8. The summed E-state index contributed by atoms with van der Waals surface area (Å²) in [5.41, 5.74) is 3.59. The molecule has 9 nitrogen and oxygen atoms in total. The molecule has 4 aromatic rings. The fourth-order valence-corrected chi connectivity index (χ4v) is 4.83. The first-order valence-corrected chi connectivity index (χ1v) is 13.6. The number of aliphatic hydroxyl groups excluding tert-OH is 2. The molecule has 1 amide bonds. The molecule has 0 radical (unpaired) electrons. The number of benzene rings is 2. The van der Waals surface area contributed by atoms with Gasteiger partial charge in [-0.05, 0) is 49.2 Å². The van der Waals surface area contributed by atoms with Crippen molar-refractivity contribution < 1.29 is 29.3 Å². The molecule has 10 heteroatoms. The summed E-state index contributed by atoms with van der Waals surface area (Å²) < 4.78 is 15.8. The Balaban J connectivity index is 1.91. The van der Waals surface area contributed by atoms with Gasteiger partial charge in [0.1, 0.15) is 17.3 Å². The van der Waals surface area contributed by atoms with Gasteiger partial charge in [0.15, 0.2) is 0 Å². The van der Waals surface area contributed by atoms with Crippen LogP contribution in [-0.2, 0) is 11.3 Å². The molecular weight excluding hydrogens is 539 g/mol. The second-order valence-electron chi connectivity index (χ2n) is 10.1. The zero-order chi connectivity index (χ0) is 30.2. The van der Waals surface area contributed by atoms with E-state index in [1.807, 2.05) is 48.7 Å². The van der Waals surface area contributed by atoms with Crippen molar-refractivity contribution in [3.8, 4) is 22.3 Å². The van der Waals surface area contributed by atoms with Gasteiger partial charge in [0, 0.05) is 41.7 Å². The minimum Gasteiger partial charge on any atom is -0.481 e. The van der Waals surface area contributed by atoms with E-state index in [0.29, 0.717) is 33.9 Å². The van der Waals surface area contributed by atoms with E-state index in [-0.39, 0.29) is 24.9 Å². The molecule has 0 aliphatic rings. The Hall–Kier alpha value is -4.67. The van der Waals surface area contributed by atoms with Crippen LogP contribution in [0.5, 0.6) is 0 Å². The number of aliphatic hydroxyl groups is 2. The van der Waals surface area contributed by atoms with Gasteiger partial charge in [-0.25, -0.2) is 14.4 Å². The van der Waals surface area contributed by atoms with Crippen LogP contribution in [0.15, 0.2) is 79.1 Å². The smallest absolute Gasteiger partial charge is 0.305 e. The predicted octanol–water partition coefficient (Wildman–Crippen LogP) is 4.86. The zero-order valence-corrected chi connectivity index (χ0v) is 23.3. The van der Waals surface area contributed by atoms with E-state index >= 15 is 0 Å². The average Bonchev–Trinajstić information content (AvgIpc) is 3.31. The van der Waals surface area contributed by atoms with Crippen molar-refractivity contribution >= 4 is 18.0 Å². The summed E-state index contributed by atoms with van der Waals surface area (Å²) in [5, 5.41) is 32.6. The lowest BCUT2D eigenvalue weighted by molar-refractivity contribution is -0.139. The Bertz CT molecular complexity index is 1540. The number of carbonyl (C=O) groups excluding carboxylic acids is 1. The number of hydrogen-bond acceptors (Lipinski definition) is 6. The van der Waals surface area contributed by atoms with Gasteiger partial charge in [-0.15, -0.1) is 0 Å². The number of halogens is 1. The van der Waals surface area contributed by atoms with Crippen LogP contribution in [0.3, 0.4) is 0 Å². The van der Waals surface area contributed by atoms with Crippen molar-refractivity contribution in [1.29, 1.82) is 0 Å². The highest BCUT2D eigenvalue weighted by molar-refractivity contribution is 6.06. The summed E-state index contributed by atoms with van der Waals surface area (Å²) in [6, 6.07) is 16.8. The van der Waals surface area contributed by atoms with Gasteiger partial charge >= 0.3 is 5.97 Å². The predicted molar refractivity (Wildman–Crippen MR) is 157 cm³/mol. The first kappa shape index (κ1) is 30.3. The standard InChI is InChI=1S/C32H33FN4O5/c1-20(2)37-26(14-13-24(38)17-25(39)18-28(40)41)29(22-9-11-23(33)12-10-22)30(21-7-4-3-5-8-21)31(37)32(42)36-19-27-34-15-6-16-35-27/h3-16,20,24-25,38-39H,17-19H2,1-2H3,(H,36,42)(H,40,41). The molecule has 0 aliphatic heterocycles. The van der Waals surface area contributed by atoms with Crippen molar-refractivity contribution in [2.24, 2.45) is 0 Å². The molecule has 0 bridgehead atoms. The van der Waals surface area contributed by atoms with Crippen LogP contribution in [0.4, 0.5) is 4.39 Å². The summed E-state index contributed by atoms with van der Waals surface area (Å²) in [5.74, 6) is -1.52. The molecule has 0 spiro atoms. The summed E-state index contributed by atoms with van der Waals surface area (Å²) in [7, 11) is 0. The highest BCUT2D eigenvalue weighted by Gasteiger charge is 2.29. The maximum atomic E-state index is 14.0. The molecule has 218 valence electrons. The third-order valence-corrected chi connectivity index (χ3v) is 6.60. The monoisotopic (exact) mass is 572 g/mol. The number of hydrogen-bond donors (Lipinski definition) is 4. The molecule has 0 aliphatic carbocycles. The lowest BCUT2D eigenvalue weighted by atomic mass is 9.94. The van der Waals surface area contributed by atoms with E-state index < -0.39 is 30.4 Å². The SMILES string of the molecule is CC(C)n1c(C=CC(O)CC(O)CC(=O)O)c(-c2ccc(F)cc2)c(-c2ccccc2)c1C(=O)NCc1ncccn1. The Labute approximate surface area is 243 Å². The van der Waals surface area contributed by atoms with Gasteiger partial charge in [-0.1, -0.05) is 48.5 Å². The Morgan fingerprint density at radius 2 is 1.60 bits per heavy atom. The third kappa shape index (κ3) is 7.34. The molecule has 2 aromatic carbocycles. The van der Waals surface area contributed by atoms with E-state index in [0.717, 1.165) is 5.56 Å². The molecule has 2 atom stereocenters. The van der Waals surface area contributed by atoms with Crippen molar-refractivity contribution in [2.75, 3.05) is 0 Å². The fourth-order valence-electron chi connectivity index (χ4n) is 4.83. The van der Waals surface area contributed by atoms with Gasteiger partial charge in [-0.3, -0.25) is 9.59 Å². The molecule has 4 N–H and O–H groups in total. The minimum atomic E-state index is -1.24. The van der Waals surface area contributed by atoms with Crippen LogP contribution in [0.25, 0.3) is 28.3 Å². The number of rotatable bonds is 12. The van der Waals surface area contributed by atoms with Gasteiger partial charge < -0.3 is 25.2 Å². The minimum absolute atomic E-state index is 0.0917. The maximum Gasteiger partial charge on any atom is 0.305 e. The number of nitrogens with zero attached hydrogens (tertiary/aromatic N) is 3. The van der Waals surface area contributed by atoms with Crippen LogP contribution in [-0.4, -0.2) is 53.9 Å². The summed E-state index contributed by atoms with van der Waals surface area (Å²) in [6.07, 6.45) is 3.21. The van der Waals surface area contributed by atoms with E-state index in [1.54, 1.807) is 36.7 Å². The topological polar surface area (TPSA) is 138 Å². The van der Waals surface area contributed by atoms with E-state index in [9.17, 15) is 24.2 Å². The zero-order valence-electron chi connectivity index (χ0n) is 23.3. The van der Waals surface area contributed by atoms with Crippen molar-refractivity contribution in [3.63, 3.8) is 0 Å². The molecular formula is C32H33FN4O5. The number of carboxylic acids is 1. The lowest BCUT2D eigenvalue weighted by Crippen LogP contribution is -2.27. The molecule has 4 rings (SSSR count). The Kier molecular flexibility index (Phi) is 9.95. The number of carboxylic acid groups (broad SMARTS) is 1. The highest BCUT2D eigenvalue weighted by Crippen LogP contribution is 2.42. The maximum absolute atomic E-state index is 14.0. The number of amides is 1. The molecule has 42 heavy (non-hydrogen) atoms. The lowest BCUT2D eigenvalue weighted by Gasteiger charge is -2.17. The van der Waals surface area contributed by atoms with Crippen LogP contribution in [0, 0.1) is 5.82 Å². The van der Waals surface area contributed by atoms with Gasteiger partial charge in [0.25, 0.3) is 5.91 Å². The quantitative estimate of drug-likeness (QED) is 0.190. The van der Waals surface area contributed by atoms with E-state index in [4.69, 9.17) is 5.11 Å². The Morgan fingerprint density at radius 3 is 2.21 bits per heavy atom. The summed E-state index contributed by atoms with van der Waals surface area (Å²) in [4.78, 5) is 33.3. The van der Waals surface area contributed by atoms with E-state index in [1.165, 1.54) is 18.2 Å². The third-order valence-electron chi connectivity index (χ3n) is 6.60. The number of aliphatic carboxylic acids is 1. The first-order valence-electron chi connectivity index (χ1n) is 13.6. The molecule has 0 saturated heterocycles. The average molecular weight is 573 g/mol. The number of nitrogens with one attached hydrogen (secondary N) is 1. The van der Waals surface area contributed by atoms with Crippen molar-refractivity contribution in [2.45, 2.75) is 51.5 Å². The molecule has 2 aromatic heterocycles. The Morgan fingerprint density at radius 1 is 0.952 bits per heavy atom. The van der Waals surface area contributed by atoms with Crippen LogP contribution in [0.2, 0.25) is 0 Å². The largest absolute Gasteiger partial charge is 0.481 e. The van der Waals surface area contributed by atoms with Crippen LogP contribution < -0.4 is 5.32 Å². The molecule has 2 unspecified atom stereocenters. The normalized spacial score (nSPS) is 12.9. The first-order chi connectivity index (χ1) is 20.2. The molecule has 0 fully saturated rings. The second-order valence-corrected chi connectivity index (χ2v) is 10.1. The fraction of sp³-hybridized carbons (Fsp3) is 0.250. The van der Waals surface area contributed by atoms with Gasteiger partial charge in [0.05, 0.1) is 25.2 Å². The summed E-state index contributed by atoms with van der Waals surface area (Å²) in [6.45, 7) is 3.93. The summed E-state index contributed by atoms with van der Waals surface area (Å²) >= 11 is 0.